The van der Waals surface area contributed by atoms with E-state index in [1.165, 1.54) is 19.1 Å². The van der Waals surface area contributed by atoms with Crippen molar-refractivity contribution in [3.8, 4) is 11.5 Å². The lowest BCUT2D eigenvalue weighted by Crippen LogP contribution is -2.32. The third kappa shape index (κ3) is 4.41. The van der Waals surface area contributed by atoms with Crippen molar-refractivity contribution in [3.63, 3.8) is 0 Å². The van der Waals surface area contributed by atoms with Crippen molar-refractivity contribution in [1.29, 1.82) is 0 Å². The molecule has 0 saturated carbocycles. The molecule has 1 aliphatic rings. The summed E-state index contributed by atoms with van der Waals surface area (Å²) in [6, 6.07) is 11.6. The van der Waals surface area contributed by atoms with Crippen molar-refractivity contribution >= 4 is 17.4 Å². The molecule has 7 nitrogen and oxygen atoms in total. The zero-order chi connectivity index (χ0) is 22.5. The Labute approximate surface area is 181 Å². The van der Waals surface area contributed by atoms with E-state index in [4.69, 9.17) is 14.2 Å². The minimum Gasteiger partial charge on any atom is -0.507 e. The summed E-state index contributed by atoms with van der Waals surface area (Å²) in [6.45, 7) is 4.72. The van der Waals surface area contributed by atoms with E-state index >= 15 is 0 Å². The molecule has 0 spiro atoms. The van der Waals surface area contributed by atoms with Gasteiger partial charge < -0.3 is 24.2 Å². The quantitative estimate of drug-likeness (QED) is 0.396. The predicted molar refractivity (Wildman–Crippen MR) is 116 cm³/mol. The highest BCUT2D eigenvalue weighted by Gasteiger charge is 2.46. The highest BCUT2D eigenvalue weighted by molar-refractivity contribution is 6.46. The zero-order valence-corrected chi connectivity index (χ0v) is 18.2. The van der Waals surface area contributed by atoms with Crippen molar-refractivity contribution < 1.29 is 28.9 Å². The van der Waals surface area contributed by atoms with Gasteiger partial charge >= 0.3 is 0 Å². The number of rotatable bonds is 8. The van der Waals surface area contributed by atoms with E-state index in [-0.39, 0.29) is 24.5 Å². The van der Waals surface area contributed by atoms with Gasteiger partial charge in [0.05, 0.1) is 31.9 Å². The van der Waals surface area contributed by atoms with E-state index in [1.807, 2.05) is 26.0 Å². The zero-order valence-electron chi connectivity index (χ0n) is 18.2. The lowest BCUT2D eigenvalue weighted by molar-refractivity contribution is -0.140. The molecule has 3 rings (SSSR count). The minimum absolute atomic E-state index is 0.0381. The van der Waals surface area contributed by atoms with Crippen molar-refractivity contribution in [3.05, 3.63) is 64.7 Å². The largest absolute Gasteiger partial charge is 0.507 e. The number of carbonyl (C=O) groups is 2. The smallest absolute Gasteiger partial charge is 0.295 e. The van der Waals surface area contributed by atoms with Crippen LogP contribution in [0.15, 0.2) is 48.0 Å². The molecule has 1 heterocycles. The lowest BCUT2D eigenvalue weighted by Gasteiger charge is -2.25. The van der Waals surface area contributed by atoms with Gasteiger partial charge in [0.15, 0.2) is 11.5 Å². The van der Waals surface area contributed by atoms with Gasteiger partial charge in [-0.15, -0.1) is 0 Å². The Morgan fingerprint density at radius 1 is 1.06 bits per heavy atom. The standard InChI is InChI=1S/C24H27NO6/c1-5-31-18-11-10-17(14-19(18)30-4)21-20(22(26)16-8-6-15(2)7-9-16)23(27)24(28)25(21)12-13-29-3/h6-11,14,21,26H,5,12-13H2,1-4H3/t21-/m1/s1. The molecule has 164 valence electrons. The normalized spacial score (nSPS) is 17.8. The van der Waals surface area contributed by atoms with Crippen LogP contribution in [0.3, 0.4) is 0 Å². The Kier molecular flexibility index (Phi) is 6.97. The SMILES string of the molecule is CCOc1ccc([C@@H]2C(=C(O)c3ccc(C)cc3)C(=O)C(=O)N2CCOC)cc1OC. The Morgan fingerprint density at radius 2 is 1.77 bits per heavy atom. The fourth-order valence-corrected chi connectivity index (χ4v) is 3.64. The first-order valence-electron chi connectivity index (χ1n) is 10.1. The van der Waals surface area contributed by atoms with Crippen LogP contribution in [-0.2, 0) is 14.3 Å². The van der Waals surface area contributed by atoms with Gasteiger partial charge in [-0.25, -0.2) is 0 Å². The fourth-order valence-electron chi connectivity index (χ4n) is 3.64. The number of aliphatic hydroxyl groups excluding tert-OH is 1. The summed E-state index contributed by atoms with van der Waals surface area (Å²) in [5, 5.41) is 11.0. The number of ketones is 1. The van der Waals surface area contributed by atoms with E-state index in [0.29, 0.717) is 29.2 Å². The molecule has 31 heavy (non-hydrogen) atoms. The van der Waals surface area contributed by atoms with E-state index in [1.54, 1.807) is 30.3 Å². The minimum atomic E-state index is -0.777. The third-order valence-electron chi connectivity index (χ3n) is 5.20. The molecule has 0 unspecified atom stereocenters. The molecule has 1 N–H and O–H groups in total. The Balaban J connectivity index is 2.17. The number of methoxy groups -OCH3 is 2. The Morgan fingerprint density at radius 3 is 2.39 bits per heavy atom. The van der Waals surface area contributed by atoms with Gasteiger partial charge in [-0.1, -0.05) is 35.9 Å². The van der Waals surface area contributed by atoms with Crippen LogP contribution in [0, 0.1) is 6.92 Å². The number of nitrogens with zero attached hydrogens (tertiary/aromatic N) is 1. The van der Waals surface area contributed by atoms with Crippen LogP contribution < -0.4 is 9.47 Å². The Hall–Kier alpha value is -3.32. The highest BCUT2D eigenvalue weighted by atomic mass is 16.5. The van der Waals surface area contributed by atoms with Gasteiger partial charge in [0.25, 0.3) is 11.7 Å². The van der Waals surface area contributed by atoms with Crippen molar-refractivity contribution in [2.75, 3.05) is 34.0 Å². The molecule has 2 aromatic carbocycles. The maximum absolute atomic E-state index is 13.0. The van der Waals surface area contributed by atoms with E-state index in [0.717, 1.165) is 5.56 Å². The fraction of sp³-hybridized carbons (Fsp3) is 0.333. The number of amides is 1. The van der Waals surface area contributed by atoms with E-state index < -0.39 is 17.7 Å². The van der Waals surface area contributed by atoms with E-state index in [2.05, 4.69) is 0 Å². The van der Waals surface area contributed by atoms with Crippen LogP contribution in [0.4, 0.5) is 0 Å². The summed E-state index contributed by atoms with van der Waals surface area (Å²) in [6.07, 6.45) is 0. The number of carbonyl (C=O) groups excluding carboxylic acids is 2. The van der Waals surface area contributed by atoms with Gasteiger partial charge in [0.1, 0.15) is 5.76 Å². The highest BCUT2D eigenvalue weighted by Crippen LogP contribution is 2.41. The molecule has 0 aromatic heterocycles. The molecule has 1 fully saturated rings. The summed E-state index contributed by atoms with van der Waals surface area (Å²) in [5.74, 6) is -0.583. The first-order chi connectivity index (χ1) is 14.9. The van der Waals surface area contributed by atoms with Crippen LogP contribution in [0.5, 0.6) is 11.5 Å². The molecule has 1 atom stereocenters. The summed E-state index contributed by atoms with van der Waals surface area (Å²) >= 11 is 0. The summed E-state index contributed by atoms with van der Waals surface area (Å²) in [7, 11) is 3.05. The number of ether oxygens (including phenoxy) is 3. The van der Waals surface area contributed by atoms with Gasteiger partial charge in [0.2, 0.25) is 0 Å². The van der Waals surface area contributed by atoms with Gasteiger partial charge in [-0.05, 0) is 31.5 Å². The van der Waals surface area contributed by atoms with Gasteiger partial charge in [0, 0.05) is 19.2 Å². The maximum atomic E-state index is 13.0. The topological polar surface area (TPSA) is 85.3 Å². The van der Waals surface area contributed by atoms with Crippen molar-refractivity contribution in [1.82, 2.24) is 4.90 Å². The second-order valence-corrected chi connectivity index (χ2v) is 7.19. The predicted octanol–water partition coefficient (Wildman–Crippen LogP) is 3.47. The van der Waals surface area contributed by atoms with Gasteiger partial charge in [-0.2, -0.15) is 0 Å². The number of likely N-dealkylation sites (tertiary alicyclic amines) is 1. The number of benzene rings is 2. The molecule has 7 heteroatoms. The maximum Gasteiger partial charge on any atom is 0.295 e. The Bertz CT molecular complexity index is 996. The number of aliphatic hydroxyl groups is 1. The molecule has 1 aliphatic heterocycles. The molecular formula is C24H27NO6. The summed E-state index contributed by atoms with van der Waals surface area (Å²) < 4.78 is 16.2. The molecule has 0 aliphatic carbocycles. The van der Waals surface area contributed by atoms with Crippen LogP contribution in [0.25, 0.3) is 5.76 Å². The van der Waals surface area contributed by atoms with Crippen LogP contribution >= 0.6 is 0 Å². The second kappa shape index (κ2) is 9.66. The number of hydrogen-bond acceptors (Lipinski definition) is 6. The third-order valence-corrected chi connectivity index (χ3v) is 5.20. The van der Waals surface area contributed by atoms with Crippen LogP contribution in [-0.4, -0.2) is 55.7 Å². The molecule has 2 aromatic rings. The first kappa shape index (κ1) is 22.4. The molecule has 0 bridgehead atoms. The number of hydrogen-bond donors (Lipinski definition) is 1. The number of aryl methyl sites for hydroxylation is 1. The average Bonchev–Trinajstić information content (AvgIpc) is 3.03. The van der Waals surface area contributed by atoms with Crippen molar-refractivity contribution in [2.45, 2.75) is 19.9 Å². The van der Waals surface area contributed by atoms with Gasteiger partial charge in [-0.3, -0.25) is 9.59 Å². The molecule has 1 saturated heterocycles. The molecular weight excluding hydrogens is 398 g/mol. The molecule has 1 amide bonds. The number of Topliss-reactive ketones (excluding diaryl/α,β-unsaturated/α-hetero) is 1. The summed E-state index contributed by atoms with van der Waals surface area (Å²) in [4.78, 5) is 27.2. The van der Waals surface area contributed by atoms with E-state index in [9.17, 15) is 14.7 Å². The van der Waals surface area contributed by atoms with Crippen molar-refractivity contribution in [2.24, 2.45) is 0 Å². The second-order valence-electron chi connectivity index (χ2n) is 7.19. The van der Waals surface area contributed by atoms with Crippen LogP contribution in [0.1, 0.15) is 29.7 Å². The monoisotopic (exact) mass is 425 g/mol. The average molecular weight is 425 g/mol. The first-order valence-corrected chi connectivity index (χ1v) is 10.1. The lowest BCUT2D eigenvalue weighted by atomic mass is 9.94. The van der Waals surface area contributed by atoms with Crippen LogP contribution in [0.2, 0.25) is 0 Å². The summed E-state index contributed by atoms with van der Waals surface area (Å²) in [5.41, 5.74) is 2.16. The molecule has 0 radical (unpaired) electrons.